The normalized spacial score (nSPS) is 24.6. The fourth-order valence-corrected chi connectivity index (χ4v) is 3.83. The Bertz CT molecular complexity index is 393. The van der Waals surface area contributed by atoms with Crippen LogP contribution in [0.5, 0.6) is 0 Å². The third-order valence-corrected chi connectivity index (χ3v) is 5.67. The summed E-state index contributed by atoms with van der Waals surface area (Å²) in [6.45, 7) is 7.91. The smallest absolute Gasteiger partial charge is 0.211 e. The number of hydrogen-bond acceptors (Lipinski definition) is 4. The van der Waals surface area contributed by atoms with Gasteiger partial charge in [0.2, 0.25) is 10.0 Å². The standard InChI is InChI=1S/C14H29N3O2S/c1-12(2)17-8-6-13(11-17)10-16-20(18,19)9-3-7-15-14-4-5-14/h12-16H,3-11H2,1-2H3. The lowest BCUT2D eigenvalue weighted by atomic mass is 10.1. The fourth-order valence-electron chi connectivity index (χ4n) is 2.67. The monoisotopic (exact) mass is 303 g/mol. The van der Waals surface area contributed by atoms with Crippen LogP contribution in [0.25, 0.3) is 0 Å². The summed E-state index contributed by atoms with van der Waals surface area (Å²) in [5.74, 6) is 0.713. The fraction of sp³-hybridized carbons (Fsp3) is 1.00. The van der Waals surface area contributed by atoms with Crippen LogP contribution in [0.4, 0.5) is 0 Å². The van der Waals surface area contributed by atoms with Crippen molar-refractivity contribution in [1.82, 2.24) is 14.9 Å². The Labute approximate surface area is 123 Å². The molecule has 1 saturated heterocycles. The summed E-state index contributed by atoms with van der Waals surface area (Å²) in [5.41, 5.74) is 0. The number of likely N-dealkylation sites (tertiary alicyclic amines) is 1. The molecule has 2 N–H and O–H groups in total. The van der Waals surface area contributed by atoms with Gasteiger partial charge in [0.15, 0.2) is 0 Å². The van der Waals surface area contributed by atoms with Gasteiger partial charge in [-0.1, -0.05) is 0 Å². The molecule has 2 fully saturated rings. The molecule has 1 saturated carbocycles. The predicted molar refractivity (Wildman–Crippen MR) is 82.2 cm³/mol. The first-order valence-corrected chi connectivity index (χ1v) is 9.56. The first-order valence-electron chi connectivity index (χ1n) is 7.91. The van der Waals surface area contributed by atoms with Gasteiger partial charge < -0.3 is 10.2 Å². The van der Waals surface area contributed by atoms with Crippen molar-refractivity contribution in [1.29, 1.82) is 0 Å². The lowest BCUT2D eigenvalue weighted by molar-refractivity contribution is 0.265. The van der Waals surface area contributed by atoms with E-state index in [9.17, 15) is 8.42 Å². The van der Waals surface area contributed by atoms with Crippen molar-refractivity contribution in [2.75, 3.05) is 31.9 Å². The Morgan fingerprint density at radius 2 is 2.00 bits per heavy atom. The average Bonchev–Trinajstić information content (AvgIpc) is 3.08. The van der Waals surface area contributed by atoms with Gasteiger partial charge in [-0.15, -0.1) is 0 Å². The van der Waals surface area contributed by atoms with Gasteiger partial charge >= 0.3 is 0 Å². The van der Waals surface area contributed by atoms with Gasteiger partial charge in [0, 0.05) is 25.2 Å². The van der Waals surface area contributed by atoms with E-state index in [1.165, 1.54) is 12.8 Å². The average molecular weight is 303 g/mol. The number of sulfonamides is 1. The molecule has 2 aliphatic rings. The zero-order valence-corrected chi connectivity index (χ0v) is 13.6. The van der Waals surface area contributed by atoms with Gasteiger partial charge in [-0.25, -0.2) is 13.1 Å². The molecule has 0 spiro atoms. The summed E-state index contributed by atoms with van der Waals surface area (Å²) in [4.78, 5) is 2.42. The molecule has 2 rings (SSSR count). The maximum atomic E-state index is 11.9. The molecule has 1 aliphatic carbocycles. The molecule has 6 heteroatoms. The molecule has 0 aromatic rings. The van der Waals surface area contributed by atoms with Crippen molar-refractivity contribution >= 4 is 10.0 Å². The first kappa shape index (κ1) is 16.2. The molecule has 0 bridgehead atoms. The lowest BCUT2D eigenvalue weighted by Gasteiger charge is -2.20. The maximum Gasteiger partial charge on any atom is 0.211 e. The third-order valence-electron chi connectivity index (χ3n) is 4.24. The molecule has 1 atom stereocenters. The maximum absolute atomic E-state index is 11.9. The summed E-state index contributed by atoms with van der Waals surface area (Å²) >= 11 is 0. The van der Waals surface area contributed by atoms with Crippen LogP contribution >= 0.6 is 0 Å². The van der Waals surface area contributed by atoms with E-state index in [1.54, 1.807) is 0 Å². The van der Waals surface area contributed by atoms with Gasteiger partial charge in [0.05, 0.1) is 5.75 Å². The van der Waals surface area contributed by atoms with Crippen LogP contribution in [0, 0.1) is 5.92 Å². The number of rotatable bonds is 9. The molecule has 118 valence electrons. The van der Waals surface area contributed by atoms with E-state index in [4.69, 9.17) is 0 Å². The van der Waals surface area contributed by atoms with Crippen LogP contribution in [-0.2, 0) is 10.0 Å². The van der Waals surface area contributed by atoms with Crippen molar-refractivity contribution in [2.24, 2.45) is 5.92 Å². The third kappa shape index (κ3) is 5.68. The quantitative estimate of drug-likeness (QED) is 0.618. The van der Waals surface area contributed by atoms with Crippen molar-refractivity contribution in [3.8, 4) is 0 Å². The van der Waals surface area contributed by atoms with Crippen molar-refractivity contribution < 1.29 is 8.42 Å². The van der Waals surface area contributed by atoms with Crippen molar-refractivity contribution in [3.63, 3.8) is 0 Å². The van der Waals surface area contributed by atoms with E-state index >= 15 is 0 Å². The Morgan fingerprint density at radius 1 is 1.25 bits per heavy atom. The Hall–Kier alpha value is -0.170. The van der Waals surface area contributed by atoms with Gasteiger partial charge in [-0.05, 0) is 58.5 Å². The molecule has 0 radical (unpaired) electrons. The molecule has 20 heavy (non-hydrogen) atoms. The van der Waals surface area contributed by atoms with Crippen molar-refractivity contribution in [3.05, 3.63) is 0 Å². The van der Waals surface area contributed by atoms with Crippen LogP contribution in [0.1, 0.15) is 39.5 Å². The summed E-state index contributed by atoms with van der Waals surface area (Å²) in [6, 6.07) is 1.22. The second kappa shape index (κ2) is 7.20. The predicted octanol–water partition coefficient (Wildman–Crippen LogP) is 0.778. The summed E-state index contributed by atoms with van der Waals surface area (Å²) in [7, 11) is -3.09. The van der Waals surface area contributed by atoms with Crippen LogP contribution in [0.3, 0.4) is 0 Å². The zero-order valence-electron chi connectivity index (χ0n) is 12.8. The topological polar surface area (TPSA) is 61.4 Å². The van der Waals surface area contributed by atoms with E-state index in [-0.39, 0.29) is 5.75 Å². The summed E-state index contributed by atoms with van der Waals surface area (Å²) in [6.07, 6.45) is 4.30. The van der Waals surface area contributed by atoms with E-state index in [2.05, 4.69) is 28.8 Å². The highest BCUT2D eigenvalue weighted by molar-refractivity contribution is 7.89. The van der Waals surface area contributed by atoms with Crippen LogP contribution in [-0.4, -0.2) is 57.3 Å². The molecule has 1 aliphatic heterocycles. The van der Waals surface area contributed by atoms with E-state index in [1.807, 2.05) is 0 Å². The molecule has 1 unspecified atom stereocenters. The van der Waals surface area contributed by atoms with Gasteiger partial charge in [-0.2, -0.15) is 0 Å². The largest absolute Gasteiger partial charge is 0.314 e. The molecular weight excluding hydrogens is 274 g/mol. The number of nitrogens with zero attached hydrogens (tertiary/aromatic N) is 1. The highest BCUT2D eigenvalue weighted by Crippen LogP contribution is 2.19. The minimum Gasteiger partial charge on any atom is -0.314 e. The van der Waals surface area contributed by atoms with Crippen LogP contribution in [0.15, 0.2) is 0 Å². The Kier molecular flexibility index (Phi) is 5.84. The molecule has 5 nitrogen and oxygen atoms in total. The van der Waals surface area contributed by atoms with E-state index in [0.717, 1.165) is 26.1 Å². The SMILES string of the molecule is CC(C)N1CCC(CNS(=O)(=O)CCCNC2CC2)C1. The van der Waals surface area contributed by atoms with E-state index in [0.29, 0.717) is 31.0 Å². The molecule has 0 aromatic heterocycles. The second-order valence-electron chi connectivity index (χ2n) is 6.49. The molecule has 0 aromatic carbocycles. The highest BCUT2D eigenvalue weighted by Gasteiger charge is 2.25. The van der Waals surface area contributed by atoms with Crippen LogP contribution in [0.2, 0.25) is 0 Å². The Morgan fingerprint density at radius 3 is 2.60 bits per heavy atom. The van der Waals surface area contributed by atoms with Gasteiger partial charge in [0.1, 0.15) is 0 Å². The van der Waals surface area contributed by atoms with Crippen LogP contribution < -0.4 is 10.0 Å². The number of hydrogen-bond donors (Lipinski definition) is 2. The Balaban J connectivity index is 1.59. The highest BCUT2D eigenvalue weighted by atomic mass is 32.2. The van der Waals surface area contributed by atoms with Crippen molar-refractivity contribution in [2.45, 2.75) is 51.6 Å². The lowest BCUT2D eigenvalue weighted by Crippen LogP contribution is -2.34. The molecule has 0 amide bonds. The van der Waals surface area contributed by atoms with E-state index < -0.39 is 10.0 Å². The van der Waals surface area contributed by atoms with Gasteiger partial charge in [0.25, 0.3) is 0 Å². The minimum atomic E-state index is -3.09. The number of nitrogens with one attached hydrogen (secondary N) is 2. The summed E-state index contributed by atoms with van der Waals surface area (Å²) < 4.78 is 26.6. The minimum absolute atomic E-state index is 0.243. The zero-order chi connectivity index (χ0) is 14.6. The first-order chi connectivity index (χ1) is 9.46. The summed E-state index contributed by atoms with van der Waals surface area (Å²) in [5, 5.41) is 3.35. The molecule has 1 heterocycles. The molecular formula is C14H29N3O2S. The van der Waals surface area contributed by atoms with Gasteiger partial charge in [-0.3, -0.25) is 0 Å². The second-order valence-corrected chi connectivity index (χ2v) is 8.42.